The fourth-order valence-electron chi connectivity index (χ4n) is 2.02. The molecular formula is C17H17FO2. The maximum Gasteiger partial charge on any atom is 0.306 e. The number of halogens is 1. The molecule has 0 saturated carbocycles. The van der Waals surface area contributed by atoms with Gasteiger partial charge in [-0.3, -0.25) is 4.79 Å². The molecule has 0 saturated heterocycles. The molecule has 2 rings (SSSR count). The number of rotatable bonds is 5. The van der Waals surface area contributed by atoms with E-state index in [4.69, 9.17) is 4.74 Å². The Labute approximate surface area is 118 Å². The zero-order chi connectivity index (χ0) is 14.4. The molecule has 0 aliphatic carbocycles. The fourth-order valence-corrected chi connectivity index (χ4v) is 2.02. The summed E-state index contributed by atoms with van der Waals surface area (Å²) in [6.07, 6.45) is 1.16. The number of carbonyl (C=O) groups is 1. The maximum atomic E-state index is 13.9. The predicted molar refractivity (Wildman–Crippen MR) is 76.5 cm³/mol. The van der Waals surface area contributed by atoms with Gasteiger partial charge in [-0.2, -0.15) is 0 Å². The normalized spacial score (nSPS) is 10.3. The third-order valence-corrected chi connectivity index (χ3v) is 3.02. The molecule has 0 amide bonds. The van der Waals surface area contributed by atoms with Gasteiger partial charge in [-0.15, -0.1) is 0 Å². The van der Waals surface area contributed by atoms with Gasteiger partial charge >= 0.3 is 5.97 Å². The second-order valence-corrected chi connectivity index (χ2v) is 4.55. The Bertz CT molecular complexity index is 593. The van der Waals surface area contributed by atoms with Crippen molar-refractivity contribution in [1.29, 1.82) is 0 Å². The van der Waals surface area contributed by atoms with Gasteiger partial charge in [0.1, 0.15) is 12.4 Å². The molecule has 0 atom stereocenters. The van der Waals surface area contributed by atoms with Crippen molar-refractivity contribution < 1.29 is 13.9 Å². The minimum absolute atomic E-state index is 0.170. The van der Waals surface area contributed by atoms with E-state index in [-0.39, 0.29) is 18.4 Å². The SMILES string of the molecule is CCCC(=O)OCc1ccccc1-c1ccccc1F. The summed E-state index contributed by atoms with van der Waals surface area (Å²) in [5, 5.41) is 0. The molecule has 0 radical (unpaired) electrons. The minimum atomic E-state index is -0.278. The van der Waals surface area contributed by atoms with Crippen molar-refractivity contribution in [3.05, 3.63) is 59.9 Å². The highest BCUT2D eigenvalue weighted by molar-refractivity contribution is 5.71. The first-order valence-electron chi connectivity index (χ1n) is 6.70. The third-order valence-electron chi connectivity index (χ3n) is 3.02. The number of hydrogen-bond donors (Lipinski definition) is 0. The van der Waals surface area contributed by atoms with Crippen molar-refractivity contribution in [3.8, 4) is 11.1 Å². The van der Waals surface area contributed by atoms with Crippen LogP contribution in [0.2, 0.25) is 0 Å². The van der Waals surface area contributed by atoms with Gasteiger partial charge < -0.3 is 4.74 Å². The molecule has 0 spiro atoms. The van der Waals surface area contributed by atoms with Crippen molar-refractivity contribution in [1.82, 2.24) is 0 Å². The summed E-state index contributed by atoms with van der Waals surface area (Å²) in [5.74, 6) is -0.504. The van der Waals surface area contributed by atoms with Gasteiger partial charge in [-0.05, 0) is 23.6 Å². The van der Waals surface area contributed by atoms with E-state index in [1.54, 1.807) is 18.2 Å². The van der Waals surface area contributed by atoms with Crippen LogP contribution in [0.25, 0.3) is 11.1 Å². The number of hydrogen-bond acceptors (Lipinski definition) is 2. The van der Waals surface area contributed by atoms with E-state index in [1.165, 1.54) is 6.07 Å². The van der Waals surface area contributed by atoms with E-state index in [0.29, 0.717) is 12.0 Å². The van der Waals surface area contributed by atoms with Gasteiger partial charge in [0.2, 0.25) is 0 Å². The molecule has 0 bridgehead atoms. The van der Waals surface area contributed by atoms with E-state index in [9.17, 15) is 9.18 Å². The van der Waals surface area contributed by atoms with Crippen LogP contribution in [0.15, 0.2) is 48.5 Å². The van der Waals surface area contributed by atoms with Crippen molar-refractivity contribution in [2.75, 3.05) is 0 Å². The van der Waals surface area contributed by atoms with Crippen LogP contribution in [0.1, 0.15) is 25.3 Å². The van der Waals surface area contributed by atoms with E-state index in [0.717, 1.165) is 17.5 Å². The number of esters is 1. The molecule has 0 fully saturated rings. The zero-order valence-electron chi connectivity index (χ0n) is 11.4. The first kappa shape index (κ1) is 14.3. The average molecular weight is 272 g/mol. The molecule has 2 nitrogen and oxygen atoms in total. The predicted octanol–water partition coefficient (Wildman–Crippen LogP) is 4.34. The molecule has 2 aromatic rings. The second-order valence-electron chi connectivity index (χ2n) is 4.55. The minimum Gasteiger partial charge on any atom is -0.461 e. The van der Waals surface area contributed by atoms with Crippen LogP contribution in [-0.4, -0.2) is 5.97 Å². The van der Waals surface area contributed by atoms with E-state index in [1.807, 2.05) is 31.2 Å². The summed E-state index contributed by atoms with van der Waals surface area (Å²) in [6, 6.07) is 14.0. The first-order valence-corrected chi connectivity index (χ1v) is 6.70. The maximum absolute atomic E-state index is 13.9. The van der Waals surface area contributed by atoms with E-state index < -0.39 is 0 Å². The van der Waals surface area contributed by atoms with Gasteiger partial charge in [0, 0.05) is 12.0 Å². The molecule has 0 N–H and O–H groups in total. The van der Waals surface area contributed by atoms with Crippen molar-refractivity contribution in [3.63, 3.8) is 0 Å². The summed E-state index contributed by atoms with van der Waals surface area (Å²) >= 11 is 0. The standard InChI is InChI=1S/C17H17FO2/c1-2-7-17(19)20-12-13-8-3-4-9-14(13)15-10-5-6-11-16(15)18/h3-6,8-11H,2,7,12H2,1H3. The topological polar surface area (TPSA) is 26.3 Å². The molecule has 0 aliphatic rings. The Balaban J connectivity index is 2.23. The summed E-state index contributed by atoms with van der Waals surface area (Å²) in [5.41, 5.74) is 2.09. The lowest BCUT2D eigenvalue weighted by Crippen LogP contribution is -2.04. The fraction of sp³-hybridized carbons (Fsp3) is 0.235. The largest absolute Gasteiger partial charge is 0.461 e. The Morgan fingerprint density at radius 2 is 1.70 bits per heavy atom. The van der Waals surface area contributed by atoms with Gasteiger partial charge in [-0.1, -0.05) is 49.4 Å². The Hall–Kier alpha value is -2.16. The smallest absolute Gasteiger partial charge is 0.306 e. The molecule has 0 unspecified atom stereocenters. The Kier molecular flexibility index (Phi) is 4.88. The Morgan fingerprint density at radius 1 is 1.05 bits per heavy atom. The average Bonchev–Trinajstić information content (AvgIpc) is 2.46. The first-order chi connectivity index (χ1) is 9.72. The van der Waals surface area contributed by atoms with Crippen LogP contribution in [-0.2, 0) is 16.1 Å². The molecule has 3 heteroatoms. The lowest BCUT2D eigenvalue weighted by atomic mass is 10.00. The van der Waals surface area contributed by atoms with E-state index in [2.05, 4.69) is 0 Å². The molecule has 0 aromatic heterocycles. The number of carbonyl (C=O) groups excluding carboxylic acids is 1. The van der Waals surface area contributed by atoms with Crippen LogP contribution in [0.5, 0.6) is 0 Å². The molecule has 0 heterocycles. The lowest BCUT2D eigenvalue weighted by Gasteiger charge is -2.11. The Morgan fingerprint density at radius 3 is 2.40 bits per heavy atom. The van der Waals surface area contributed by atoms with E-state index >= 15 is 0 Å². The van der Waals surface area contributed by atoms with Crippen molar-refractivity contribution >= 4 is 5.97 Å². The highest BCUT2D eigenvalue weighted by Gasteiger charge is 2.10. The summed E-state index contributed by atoms with van der Waals surface area (Å²) in [7, 11) is 0. The van der Waals surface area contributed by atoms with Crippen LogP contribution >= 0.6 is 0 Å². The summed E-state index contributed by atoms with van der Waals surface area (Å²) < 4.78 is 19.1. The van der Waals surface area contributed by atoms with Gasteiger partial charge in [0.15, 0.2) is 0 Å². The molecule has 104 valence electrons. The van der Waals surface area contributed by atoms with Gasteiger partial charge in [0.05, 0.1) is 0 Å². The highest BCUT2D eigenvalue weighted by Crippen LogP contribution is 2.26. The molecular weight excluding hydrogens is 255 g/mol. The number of ether oxygens (including phenoxy) is 1. The van der Waals surface area contributed by atoms with Crippen molar-refractivity contribution in [2.24, 2.45) is 0 Å². The summed E-state index contributed by atoms with van der Waals surface area (Å²) in [6.45, 7) is 2.10. The molecule has 0 aliphatic heterocycles. The van der Waals surface area contributed by atoms with Gasteiger partial charge in [-0.25, -0.2) is 4.39 Å². The molecule has 2 aromatic carbocycles. The van der Waals surface area contributed by atoms with Crippen LogP contribution < -0.4 is 0 Å². The van der Waals surface area contributed by atoms with Crippen LogP contribution in [0.3, 0.4) is 0 Å². The molecule has 20 heavy (non-hydrogen) atoms. The summed E-state index contributed by atoms with van der Waals surface area (Å²) in [4.78, 5) is 11.4. The lowest BCUT2D eigenvalue weighted by molar-refractivity contribution is -0.144. The van der Waals surface area contributed by atoms with Crippen LogP contribution in [0, 0.1) is 5.82 Å². The zero-order valence-corrected chi connectivity index (χ0v) is 11.4. The second kappa shape index (κ2) is 6.85. The highest BCUT2D eigenvalue weighted by atomic mass is 19.1. The van der Waals surface area contributed by atoms with Crippen molar-refractivity contribution in [2.45, 2.75) is 26.4 Å². The quantitative estimate of drug-likeness (QED) is 0.757. The van der Waals surface area contributed by atoms with Gasteiger partial charge in [0.25, 0.3) is 0 Å². The number of benzene rings is 2. The monoisotopic (exact) mass is 272 g/mol. The third kappa shape index (κ3) is 3.44. The van der Waals surface area contributed by atoms with Crippen LogP contribution in [0.4, 0.5) is 4.39 Å².